The van der Waals surface area contributed by atoms with Crippen molar-refractivity contribution in [3.8, 4) is 11.6 Å². The van der Waals surface area contributed by atoms with E-state index in [9.17, 15) is 27.6 Å². The predicted molar refractivity (Wildman–Crippen MR) is 190 cm³/mol. The van der Waals surface area contributed by atoms with Crippen molar-refractivity contribution in [3.63, 3.8) is 0 Å². The third kappa shape index (κ3) is 8.62. The Labute approximate surface area is 309 Å². The number of amides is 4. The molecule has 17 heteroatoms. The van der Waals surface area contributed by atoms with Crippen molar-refractivity contribution >= 4 is 44.9 Å². The number of hydrogen-bond acceptors (Lipinski definition) is 12. The van der Waals surface area contributed by atoms with Gasteiger partial charge in [0.25, 0.3) is 5.91 Å². The van der Waals surface area contributed by atoms with E-state index in [4.69, 9.17) is 23.1 Å². The second kappa shape index (κ2) is 14.5. The minimum absolute atomic E-state index is 0.0147. The van der Waals surface area contributed by atoms with Crippen LogP contribution in [0.4, 0.5) is 4.79 Å². The lowest BCUT2D eigenvalue weighted by Gasteiger charge is -2.35. The van der Waals surface area contributed by atoms with Crippen molar-refractivity contribution in [2.75, 3.05) is 26.9 Å². The fourth-order valence-electron chi connectivity index (χ4n) is 6.97. The standard InChI is InChI=1S/C36H49N5O11S/c1-7-22-18-36(22,32(44)40-53(46,47)52-35(5)12-13-35)39-29(42)27-17-25(50-30-26-9-8-23(48-6)16-21(26)10-14-37-30)19-41(27)31(43)28(34(2,3)4)38-33(45)51-24-11-15-49-20-24/h8-10,14,16,22,24-25,27-28H,7,11-13,15,17-20H2,1-6H3,(H,38,45)(H,39,42)(H,40,44)/t22?,24-,25+,27-,28+,36+/m0/s1. The zero-order chi connectivity index (χ0) is 38.3. The van der Waals surface area contributed by atoms with E-state index >= 15 is 0 Å². The van der Waals surface area contributed by atoms with E-state index < -0.39 is 75.0 Å². The zero-order valence-electron chi connectivity index (χ0n) is 30.9. The number of hydrogen-bond donors (Lipinski definition) is 3. The number of carbonyl (C=O) groups excluding carboxylic acids is 4. The van der Waals surface area contributed by atoms with E-state index in [1.54, 1.807) is 53.1 Å². The number of ether oxygens (including phenoxy) is 4. The minimum Gasteiger partial charge on any atom is -0.497 e. The van der Waals surface area contributed by atoms with Crippen LogP contribution in [0.5, 0.6) is 11.6 Å². The molecule has 0 bridgehead atoms. The minimum atomic E-state index is -4.45. The first-order valence-electron chi connectivity index (χ1n) is 18.0. The van der Waals surface area contributed by atoms with Crippen LogP contribution in [0.15, 0.2) is 30.5 Å². The second-order valence-electron chi connectivity index (χ2n) is 15.7. The molecule has 1 unspecified atom stereocenters. The van der Waals surface area contributed by atoms with Gasteiger partial charge in [0.1, 0.15) is 35.6 Å². The molecular formula is C36H49N5O11S. The number of rotatable bonds is 13. The van der Waals surface area contributed by atoms with Gasteiger partial charge in [0, 0.05) is 24.4 Å². The van der Waals surface area contributed by atoms with Crippen LogP contribution in [0.3, 0.4) is 0 Å². The molecule has 2 aliphatic heterocycles. The van der Waals surface area contributed by atoms with Gasteiger partial charge in [0.2, 0.25) is 17.7 Å². The molecular weight excluding hydrogens is 710 g/mol. The molecule has 4 amide bonds. The maximum absolute atomic E-state index is 14.5. The van der Waals surface area contributed by atoms with Crippen LogP contribution in [0.1, 0.15) is 73.1 Å². The van der Waals surface area contributed by atoms with Gasteiger partial charge in [-0.1, -0.05) is 34.1 Å². The van der Waals surface area contributed by atoms with Gasteiger partial charge >= 0.3 is 16.4 Å². The van der Waals surface area contributed by atoms with E-state index in [0.717, 1.165) is 5.39 Å². The lowest BCUT2D eigenvalue weighted by atomic mass is 9.85. The summed E-state index contributed by atoms with van der Waals surface area (Å²) in [4.78, 5) is 61.2. The number of nitrogens with zero attached hydrogens (tertiary/aromatic N) is 2. The van der Waals surface area contributed by atoms with Crippen LogP contribution in [0.2, 0.25) is 0 Å². The number of methoxy groups -OCH3 is 1. The van der Waals surface area contributed by atoms with Gasteiger partial charge < -0.3 is 34.5 Å². The lowest BCUT2D eigenvalue weighted by molar-refractivity contribution is -0.143. The van der Waals surface area contributed by atoms with Crippen molar-refractivity contribution in [1.29, 1.82) is 0 Å². The fourth-order valence-corrected chi connectivity index (χ4v) is 8.12. The molecule has 3 N–H and O–H groups in total. The molecule has 3 heterocycles. The number of fused-ring (bicyclic) bond motifs is 1. The molecule has 0 spiro atoms. The summed E-state index contributed by atoms with van der Waals surface area (Å²) < 4.78 is 55.3. The fraction of sp³-hybridized carbons (Fsp3) is 0.639. The average molecular weight is 760 g/mol. The highest BCUT2D eigenvalue weighted by Crippen LogP contribution is 2.47. The zero-order valence-corrected chi connectivity index (χ0v) is 31.7. The highest BCUT2D eigenvalue weighted by Gasteiger charge is 2.62. The molecule has 6 rings (SSSR count). The Hall–Kier alpha value is -4.22. The average Bonchev–Trinajstić information content (AvgIpc) is 3.83. The van der Waals surface area contributed by atoms with E-state index in [0.29, 0.717) is 43.4 Å². The monoisotopic (exact) mass is 759 g/mol. The van der Waals surface area contributed by atoms with Crippen LogP contribution in [0.25, 0.3) is 10.8 Å². The van der Waals surface area contributed by atoms with E-state index in [1.807, 2.05) is 23.8 Å². The molecule has 4 aliphatic rings. The van der Waals surface area contributed by atoms with Crippen molar-refractivity contribution < 1.29 is 50.7 Å². The number of likely N-dealkylation sites (tertiary alicyclic amines) is 1. The third-order valence-corrected chi connectivity index (χ3v) is 11.5. The van der Waals surface area contributed by atoms with Crippen molar-refractivity contribution in [2.24, 2.45) is 11.3 Å². The number of benzene rings is 1. The summed E-state index contributed by atoms with van der Waals surface area (Å²) in [5.74, 6) is -1.56. The van der Waals surface area contributed by atoms with E-state index in [1.165, 1.54) is 4.90 Å². The number of pyridine rings is 1. The Morgan fingerprint density at radius 1 is 1.13 bits per heavy atom. The third-order valence-electron chi connectivity index (χ3n) is 10.4. The highest BCUT2D eigenvalue weighted by atomic mass is 32.2. The topological polar surface area (TPSA) is 201 Å². The van der Waals surface area contributed by atoms with E-state index in [2.05, 4.69) is 15.6 Å². The molecule has 4 fully saturated rings. The van der Waals surface area contributed by atoms with Gasteiger partial charge in [-0.3, -0.25) is 14.4 Å². The molecule has 1 aromatic heterocycles. The van der Waals surface area contributed by atoms with E-state index in [-0.39, 0.29) is 37.8 Å². The smallest absolute Gasteiger partial charge is 0.408 e. The second-order valence-corrected chi connectivity index (χ2v) is 17.0. The number of carbonyl (C=O) groups is 4. The summed E-state index contributed by atoms with van der Waals surface area (Å²) in [6.45, 7) is 9.47. The van der Waals surface area contributed by atoms with Crippen LogP contribution in [0, 0.1) is 11.3 Å². The number of nitrogens with one attached hydrogen (secondary N) is 3. The summed E-state index contributed by atoms with van der Waals surface area (Å²) in [7, 11) is -2.89. The Morgan fingerprint density at radius 3 is 2.51 bits per heavy atom. The van der Waals surface area contributed by atoms with Crippen LogP contribution < -0.4 is 24.8 Å². The molecule has 2 saturated heterocycles. The van der Waals surface area contributed by atoms with Gasteiger partial charge in [-0.15, -0.1) is 0 Å². The molecule has 290 valence electrons. The number of aromatic nitrogens is 1. The van der Waals surface area contributed by atoms with Crippen LogP contribution in [-0.2, 0) is 38.3 Å². The Kier molecular flexibility index (Phi) is 10.6. The predicted octanol–water partition coefficient (Wildman–Crippen LogP) is 2.74. The van der Waals surface area contributed by atoms with Crippen molar-refractivity contribution in [1.82, 2.24) is 25.2 Å². The molecule has 16 nitrogen and oxygen atoms in total. The molecule has 6 atom stereocenters. The summed E-state index contributed by atoms with van der Waals surface area (Å²) in [6.07, 6.45) is 1.92. The first-order chi connectivity index (χ1) is 25.0. The lowest BCUT2D eigenvalue weighted by Crippen LogP contribution is -2.60. The normalized spacial score (nSPS) is 26.7. The van der Waals surface area contributed by atoms with Gasteiger partial charge in [-0.25, -0.2) is 18.7 Å². The first kappa shape index (κ1) is 38.5. The van der Waals surface area contributed by atoms with Gasteiger partial charge in [0.05, 0.1) is 32.5 Å². The molecule has 1 aromatic carbocycles. The molecule has 2 aliphatic carbocycles. The van der Waals surface area contributed by atoms with Crippen LogP contribution >= 0.6 is 0 Å². The maximum atomic E-state index is 14.5. The molecule has 0 radical (unpaired) electrons. The summed E-state index contributed by atoms with van der Waals surface area (Å²) in [5, 5.41) is 7.02. The highest BCUT2D eigenvalue weighted by molar-refractivity contribution is 7.85. The summed E-state index contributed by atoms with van der Waals surface area (Å²) in [6, 6.07) is 4.94. The largest absolute Gasteiger partial charge is 0.497 e. The summed E-state index contributed by atoms with van der Waals surface area (Å²) >= 11 is 0. The summed E-state index contributed by atoms with van der Waals surface area (Å²) in [5.41, 5.74) is -3.22. The van der Waals surface area contributed by atoms with Gasteiger partial charge in [-0.2, -0.15) is 8.42 Å². The van der Waals surface area contributed by atoms with Gasteiger partial charge in [0.15, 0.2) is 0 Å². The van der Waals surface area contributed by atoms with Crippen molar-refractivity contribution in [3.05, 3.63) is 30.5 Å². The molecule has 2 saturated carbocycles. The van der Waals surface area contributed by atoms with Crippen molar-refractivity contribution in [2.45, 2.75) is 109 Å². The molecule has 2 aromatic rings. The Balaban J connectivity index is 1.26. The first-order valence-corrected chi connectivity index (χ1v) is 19.4. The molecule has 53 heavy (non-hydrogen) atoms. The Morgan fingerprint density at radius 2 is 1.89 bits per heavy atom. The quantitative estimate of drug-likeness (QED) is 0.270. The SMILES string of the molecule is CCC1C[C@]1(NC(=O)[C@@H]1C[C@@H](Oc2nccc3cc(OC)ccc23)CN1C(=O)[C@@H](NC(=O)O[C@H]1CCOC1)C(C)(C)C)C(=O)NS(=O)(=O)OC1(C)CC1. The van der Waals surface area contributed by atoms with Gasteiger partial charge in [-0.05, 0) is 67.2 Å². The maximum Gasteiger partial charge on any atom is 0.408 e. The van der Waals surface area contributed by atoms with Crippen LogP contribution in [-0.4, -0.2) is 104 Å². The Bertz CT molecular complexity index is 1860. The number of alkyl carbamates (subject to hydrolysis) is 1.